The molecule has 1 heterocycles. The molecule has 1 unspecified atom stereocenters. The SMILES string of the molecule is CN=C(NCCCCOCc1ccccc1)NC1CCN(c2ccccc2OC(F)F)C1.I. The van der Waals surface area contributed by atoms with Crippen molar-refractivity contribution in [1.29, 1.82) is 0 Å². The molecule has 0 radical (unpaired) electrons. The van der Waals surface area contributed by atoms with Gasteiger partial charge in [-0.2, -0.15) is 8.78 Å². The van der Waals surface area contributed by atoms with E-state index in [1.54, 1.807) is 19.2 Å². The molecular formula is C24H33F2IN4O2. The molecular weight excluding hydrogens is 541 g/mol. The van der Waals surface area contributed by atoms with E-state index in [1.807, 2.05) is 30.3 Å². The van der Waals surface area contributed by atoms with Crippen molar-refractivity contribution in [3.63, 3.8) is 0 Å². The lowest BCUT2D eigenvalue weighted by atomic mass is 10.2. The van der Waals surface area contributed by atoms with Crippen LogP contribution in [0.5, 0.6) is 5.75 Å². The van der Waals surface area contributed by atoms with Crippen molar-refractivity contribution >= 4 is 35.6 Å². The van der Waals surface area contributed by atoms with Crippen LogP contribution in [0.4, 0.5) is 14.5 Å². The zero-order valence-electron chi connectivity index (χ0n) is 18.9. The molecule has 1 fully saturated rings. The Labute approximate surface area is 211 Å². The molecule has 9 heteroatoms. The molecule has 0 aliphatic carbocycles. The van der Waals surface area contributed by atoms with Gasteiger partial charge in [0.25, 0.3) is 0 Å². The second-order valence-corrected chi connectivity index (χ2v) is 7.67. The van der Waals surface area contributed by atoms with E-state index in [0.717, 1.165) is 44.9 Å². The Morgan fingerprint density at radius 1 is 1.12 bits per heavy atom. The third-order valence-electron chi connectivity index (χ3n) is 5.29. The zero-order valence-corrected chi connectivity index (χ0v) is 21.2. The maximum Gasteiger partial charge on any atom is 0.387 e. The van der Waals surface area contributed by atoms with Gasteiger partial charge in [0, 0.05) is 39.3 Å². The summed E-state index contributed by atoms with van der Waals surface area (Å²) in [5.41, 5.74) is 1.87. The Hall–Kier alpha value is -2.14. The number of alkyl halides is 2. The van der Waals surface area contributed by atoms with Crippen LogP contribution < -0.4 is 20.3 Å². The van der Waals surface area contributed by atoms with Gasteiger partial charge in [0.1, 0.15) is 5.75 Å². The van der Waals surface area contributed by atoms with Gasteiger partial charge in [0.15, 0.2) is 5.96 Å². The zero-order chi connectivity index (χ0) is 22.6. The quantitative estimate of drug-likeness (QED) is 0.177. The van der Waals surface area contributed by atoms with E-state index in [9.17, 15) is 8.78 Å². The van der Waals surface area contributed by atoms with Crippen LogP contribution in [-0.2, 0) is 11.3 Å². The molecule has 1 saturated heterocycles. The lowest BCUT2D eigenvalue weighted by Crippen LogP contribution is -2.44. The number of ether oxygens (including phenoxy) is 2. The highest BCUT2D eigenvalue weighted by atomic mass is 127. The second-order valence-electron chi connectivity index (χ2n) is 7.67. The molecule has 2 N–H and O–H groups in total. The van der Waals surface area contributed by atoms with E-state index in [4.69, 9.17) is 4.74 Å². The van der Waals surface area contributed by atoms with Crippen LogP contribution in [-0.4, -0.2) is 51.9 Å². The number of halogens is 3. The summed E-state index contributed by atoms with van der Waals surface area (Å²) in [5, 5.41) is 6.76. The Bertz CT molecular complexity index is 842. The van der Waals surface area contributed by atoms with Crippen molar-refractivity contribution in [2.75, 3.05) is 38.2 Å². The van der Waals surface area contributed by atoms with Crippen LogP contribution in [0, 0.1) is 0 Å². The number of hydrogen-bond donors (Lipinski definition) is 2. The van der Waals surface area contributed by atoms with E-state index < -0.39 is 6.61 Å². The van der Waals surface area contributed by atoms with Crippen molar-refractivity contribution in [3.8, 4) is 5.75 Å². The van der Waals surface area contributed by atoms with Gasteiger partial charge >= 0.3 is 6.61 Å². The third kappa shape index (κ3) is 9.32. The molecule has 0 bridgehead atoms. The van der Waals surface area contributed by atoms with E-state index in [-0.39, 0.29) is 35.8 Å². The fourth-order valence-corrected chi connectivity index (χ4v) is 3.70. The van der Waals surface area contributed by atoms with Gasteiger partial charge in [-0.15, -0.1) is 24.0 Å². The molecule has 1 atom stereocenters. The first-order chi connectivity index (χ1) is 15.7. The molecule has 182 valence electrons. The molecule has 1 aliphatic rings. The summed E-state index contributed by atoms with van der Waals surface area (Å²) >= 11 is 0. The Morgan fingerprint density at radius 3 is 2.64 bits per heavy atom. The molecule has 2 aromatic rings. The van der Waals surface area contributed by atoms with Crippen LogP contribution >= 0.6 is 24.0 Å². The number of anilines is 1. The third-order valence-corrected chi connectivity index (χ3v) is 5.29. The van der Waals surface area contributed by atoms with Crippen LogP contribution in [0.2, 0.25) is 0 Å². The Morgan fingerprint density at radius 2 is 1.88 bits per heavy atom. The van der Waals surface area contributed by atoms with Crippen LogP contribution in [0.3, 0.4) is 0 Å². The molecule has 0 amide bonds. The number of nitrogens with one attached hydrogen (secondary N) is 2. The maximum atomic E-state index is 12.7. The predicted molar refractivity (Wildman–Crippen MR) is 139 cm³/mol. The van der Waals surface area contributed by atoms with Gasteiger partial charge in [-0.3, -0.25) is 4.99 Å². The number of aliphatic imine (C=N–C) groups is 1. The largest absolute Gasteiger partial charge is 0.433 e. The molecule has 0 aromatic heterocycles. The van der Waals surface area contributed by atoms with Crippen molar-refractivity contribution in [2.45, 2.75) is 38.5 Å². The minimum Gasteiger partial charge on any atom is -0.433 e. The first-order valence-corrected chi connectivity index (χ1v) is 11.0. The van der Waals surface area contributed by atoms with Gasteiger partial charge < -0.3 is 25.0 Å². The number of rotatable bonds is 11. The lowest BCUT2D eigenvalue weighted by molar-refractivity contribution is -0.0495. The first kappa shape index (κ1) is 27.1. The highest BCUT2D eigenvalue weighted by Gasteiger charge is 2.25. The van der Waals surface area contributed by atoms with Crippen LogP contribution in [0.1, 0.15) is 24.8 Å². The van der Waals surface area contributed by atoms with E-state index in [2.05, 4.69) is 37.4 Å². The van der Waals surface area contributed by atoms with Gasteiger partial charge in [-0.25, -0.2) is 0 Å². The number of hydrogen-bond acceptors (Lipinski definition) is 4. The van der Waals surface area contributed by atoms with E-state index in [1.165, 1.54) is 5.56 Å². The number of unbranched alkanes of at least 4 members (excludes halogenated alkanes) is 1. The van der Waals surface area contributed by atoms with Crippen LogP contribution in [0.25, 0.3) is 0 Å². The summed E-state index contributed by atoms with van der Waals surface area (Å²) in [4.78, 5) is 6.36. The van der Waals surface area contributed by atoms with Gasteiger partial charge in [-0.1, -0.05) is 42.5 Å². The molecule has 0 saturated carbocycles. The smallest absolute Gasteiger partial charge is 0.387 e. The van der Waals surface area contributed by atoms with Gasteiger partial charge in [0.05, 0.1) is 12.3 Å². The highest BCUT2D eigenvalue weighted by molar-refractivity contribution is 14.0. The fraction of sp³-hybridized carbons (Fsp3) is 0.458. The van der Waals surface area contributed by atoms with Gasteiger partial charge in [-0.05, 0) is 37.0 Å². The molecule has 3 rings (SSSR count). The van der Waals surface area contributed by atoms with Crippen molar-refractivity contribution in [2.24, 2.45) is 4.99 Å². The molecule has 1 aliphatic heterocycles. The number of benzene rings is 2. The van der Waals surface area contributed by atoms with Crippen molar-refractivity contribution < 1.29 is 18.3 Å². The minimum absolute atomic E-state index is 0. The molecule has 0 spiro atoms. The molecule has 33 heavy (non-hydrogen) atoms. The predicted octanol–water partition coefficient (Wildman–Crippen LogP) is 4.65. The van der Waals surface area contributed by atoms with Gasteiger partial charge in [0.2, 0.25) is 0 Å². The summed E-state index contributed by atoms with van der Waals surface area (Å²) in [6.07, 6.45) is 2.83. The number of guanidine groups is 1. The summed E-state index contributed by atoms with van der Waals surface area (Å²) in [6.45, 7) is 0.783. The topological polar surface area (TPSA) is 58.1 Å². The summed E-state index contributed by atoms with van der Waals surface area (Å²) in [5.74, 6) is 0.958. The Balaban J connectivity index is 0.00000385. The molecule has 2 aromatic carbocycles. The molecule has 6 nitrogen and oxygen atoms in total. The minimum atomic E-state index is -2.83. The maximum absolute atomic E-state index is 12.7. The van der Waals surface area contributed by atoms with E-state index in [0.29, 0.717) is 18.8 Å². The standard InChI is InChI=1S/C24H32F2N4O2.HI/c1-27-24(28-14-7-8-16-31-18-19-9-3-2-4-10-19)29-20-13-15-30(17-20)21-11-5-6-12-22(21)32-23(25)26;/h2-6,9-12,20,23H,7-8,13-18H2,1H3,(H2,27,28,29);1H. The summed E-state index contributed by atoms with van der Waals surface area (Å²) in [6, 6.07) is 17.2. The average Bonchev–Trinajstić information content (AvgIpc) is 3.26. The Kier molecular flexibility index (Phi) is 12.2. The monoisotopic (exact) mass is 574 g/mol. The number of para-hydroxylation sites is 2. The fourth-order valence-electron chi connectivity index (χ4n) is 3.70. The normalized spacial score (nSPS) is 15.9. The second kappa shape index (κ2) is 14.9. The summed E-state index contributed by atoms with van der Waals surface area (Å²) < 4.78 is 35.8. The first-order valence-electron chi connectivity index (χ1n) is 11.0. The van der Waals surface area contributed by atoms with Crippen LogP contribution in [0.15, 0.2) is 59.6 Å². The van der Waals surface area contributed by atoms with Crippen molar-refractivity contribution in [1.82, 2.24) is 10.6 Å². The van der Waals surface area contributed by atoms with Crippen molar-refractivity contribution in [3.05, 3.63) is 60.2 Å². The average molecular weight is 574 g/mol. The number of nitrogens with zero attached hydrogens (tertiary/aromatic N) is 2. The highest BCUT2D eigenvalue weighted by Crippen LogP contribution is 2.31. The van der Waals surface area contributed by atoms with E-state index >= 15 is 0 Å². The summed E-state index contributed by atoms with van der Waals surface area (Å²) in [7, 11) is 1.75. The lowest BCUT2D eigenvalue weighted by Gasteiger charge is -2.22.